The third kappa shape index (κ3) is 1.61. The molecule has 0 aromatic heterocycles. The van der Waals surface area contributed by atoms with Crippen LogP contribution >= 0.6 is 0 Å². The molecule has 0 radical (unpaired) electrons. The van der Waals surface area contributed by atoms with Crippen molar-refractivity contribution in [3.63, 3.8) is 0 Å². The summed E-state index contributed by atoms with van der Waals surface area (Å²) in [7, 11) is 0. The van der Waals surface area contributed by atoms with Crippen LogP contribution < -0.4 is 0 Å². The van der Waals surface area contributed by atoms with Gasteiger partial charge in [-0.05, 0) is 0 Å². The summed E-state index contributed by atoms with van der Waals surface area (Å²) in [5.74, 6) is 0. The summed E-state index contributed by atoms with van der Waals surface area (Å²) < 4.78 is 0. The molecule has 0 saturated carbocycles. The van der Waals surface area contributed by atoms with Gasteiger partial charge in [-0.3, -0.25) is 4.90 Å². The van der Waals surface area contributed by atoms with Crippen molar-refractivity contribution in [2.45, 2.75) is 0 Å². The lowest BCUT2D eigenvalue weighted by molar-refractivity contribution is 0.131. The van der Waals surface area contributed by atoms with Crippen LogP contribution in [0.1, 0.15) is 0 Å². The van der Waals surface area contributed by atoms with Crippen LogP contribution in [0.5, 0.6) is 0 Å². The number of aliphatic hydroxyl groups excluding tert-OH is 2. The Kier molecular flexibility index (Phi) is 2.67. The zero-order valence-electron chi connectivity index (χ0n) is 6.23. The molecule has 2 N–H and O–H groups in total. The van der Waals surface area contributed by atoms with E-state index in [1.165, 1.54) is 9.80 Å². The van der Waals surface area contributed by atoms with E-state index in [-0.39, 0.29) is 19.4 Å². The van der Waals surface area contributed by atoms with Crippen LogP contribution in [0, 0.1) is 0 Å². The number of nitrogens with zero attached hydrogens (tertiary/aromatic N) is 2. The van der Waals surface area contributed by atoms with Gasteiger partial charge in [0.15, 0.2) is 0 Å². The molecule has 5 nitrogen and oxygen atoms in total. The predicted molar refractivity (Wildman–Crippen MR) is 37.8 cm³/mol. The number of aliphatic hydroxyl groups is 2. The number of rotatable bonds is 3. The summed E-state index contributed by atoms with van der Waals surface area (Å²) in [6.45, 7) is 1.25. The van der Waals surface area contributed by atoms with E-state index in [1.54, 1.807) is 0 Å². The van der Waals surface area contributed by atoms with Crippen LogP contribution in [-0.2, 0) is 0 Å². The molecule has 0 atom stereocenters. The quantitative estimate of drug-likeness (QED) is 0.537. The molecule has 1 fully saturated rings. The van der Waals surface area contributed by atoms with E-state index in [0.717, 1.165) is 0 Å². The zero-order chi connectivity index (χ0) is 8.27. The van der Waals surface area contributed by atoms with Crippen molar-refractivity contribution in [3.05, 3.63) is 0 Å². The highest BCUT2D eigenvalue weighted by Crippen LogP contribution is 2.05. The summed E-state index contributed by atoms with van der Waals surface area (Å²) in [5.41, 5.74) is 0. The molecule has 1 saturated heterocycles. The van der Waals surface area contributed by atoms with Crippen molar-refractivity contribution < 1.29 is 15.0 Å². The van der Waals surface area contributed by atoms with Crippen LogP contribution in [0.3, 0.4) is 0 Å². The minimum absolute atomic E-state index is 0.0228. The lowest BCUT2D eigenvalue weighted by Gasteiger charge is -2.14. The fourth-order valence-electron chi connectivity index (χ4n) is 1.09. The second-order valence-corrected chi connectivity index (χ2v) is 2.40. The Morgan fingerprint density at radius 2 is 1.91 bits per heavy atom. The van der Waals surface area contributed by atoms with E-state index in [1.807, 2.05) is 0 Å². The molecule has 0 bridgehead atoms. The molecule has 0 aliphatic carbocycles. The first-order chi connectivity index (χ1) is 5.29. The molecule has 1 heterocycles. The lowest BCUT2D eigenvalue weighted by atomic mass is 10.5. The van der Waals surface area contributed by atoms with Crippen molar-refractivity contribution in [2.24, 2.45) is 0 Å². The second-order valence-electron chi connectivity index (χ2n) is 2.40. The summed E-state index contributed by atoms with van der Waals surface area (Å²) in [6, 6.07) is -0.193. The van der Waals surface area contributed by atoms with Gasteiger partial charge in [-0.15, -0.1) is 0 Å². The second kappa shape index (κ2) is 3.54. The van der Waals surface area contributed by atoms with E-state index in [4.69, 9.17) is 10.2 Å². The molecular weight excluding hydrogens is 148 g/mol. The van der Waals surface area contributed by atoms with Crippen molar-refractivity contribution in [2.75, 3.05) is 33.0 Å². The smallest absolute Gasteiger partial charge is 0.322 e. The third-order valence-electron chi connectivity index (χ3n) is 1.72. The first kappa shape index (κ1) is 8.29. The van der Waals surface area contributed by atoms with Gasteiger partial charge in [-0.2, -0.15) is 0 Å². The molecule has 5 heteroatoms. The first-order valence-corrected chi connectivity index (χ1v) is 3.55. The van der Waals surface area contributed by atoms with Crippen molar-refractivity contribution in [3.8, 4) is 0 Å². The standard InChI is InChI=1S/C6H12N2O3/c9-4-3-7-1-2-8(5-10)6(7)11/h9-10H,1-5H2. The van der Waals surface area contributed by atoms with Gasteiger partial charge in [0, 0.05) is 19.6 Å². The Bertz CT molecular complexity index is 151. The number of carbonyl (C=O) groups excluding carboxylic acids is 1. The highest BCUT2D eigenvalue weighted by atomic mass is 16.3. The largest absolute Gasteiger partial charge is 0.395 e. The lowest BCUT2D eigenvalue weighted by Crippen LogP contribution is -2.33. The zero-order valence-corrected chi connectivity index (χ0v) is 6.23. The monoisotopic (exact) mass is 160 g/mol. The SMILES string of the molecule is O=C1N(CO)CCN1CCO. The van der Waals surface area contributed by atoms with Crippen molar-refractivity contribution in [1.29, 1.82) is 0 Å². The van der Waals surface area contributed by atoms with Crippen LogP contribution in [0.25, 0.3) is 0 Å². The van der Waals surface area contributed by atoms with Gasteiger partial charge in [0.25, 0.3) is 0 Å². The number of amides is 2. The number of hydrogen-bond donors (Lipinski definition) is 2. The van der Waals surface area contributed by atoms with Gasteiger partial charge < -0.3 is 15.1 Å². The molecule has 0 unspecified atom stereocenters. The minimum Gasteiger partial charge on any atom is -0.395 e. The minimum atomic E-state index is -0.235. The number of carbonyl (C=O) groups is 1. The molecular formula is C6H12N2O3. The molecule has 2 amide bonds. The van der Waals surface area contributed by atoms with Gasteiger partial charge >= 0.3 is 6.03 Å². The van der Waals surface area contributed by atoms with Crippen LogP contribution in [0.15, 0.2) is 0 Å². The molecule has 11 heavy (non-hydrogen) atoms. The predicted octanol–water partition coefficient (Wildman–Crippen LogP) is -1.33. The molecule has 1 aliphatic rings. The summed E-state index contributed by atoms with van der Waals surface area (Å²) in [4.78, 5) is 13.9. The molecule has 0 aromatic carbocycles. The van der Waals surface area contributed by atoms with E-state index in [2.05, 4.69) is 0 Å². The van der Waals surface area contributed by atoms with Gasteiger partial charge in [0.1, 0.15) is 6.73 Å². The molecule has 1 rings (SSSR count). The number of β-amino-alcohol motifs (C(OH)–C–C–N with tert-alkyl or cyclic N) is 1. The topological polar surface area (TPSA) is 64.0 Å². The molecule has 0 aromatic rings. The maximum Gasteiger partial charge on any atom is 0.322 e. The Morgan fingerprint density at radius 1 is 1.27 bits per heavy atom. The molecule has 64 valence electrons. The van der Waals surface area contributed by atoms with E-state index >= 15 is 0 Å². The fourth-order valence-corrected chi connectivity index (χ4v) is 1.09. The highest BCUT2D eigenvalue weighted by molar-refractivity contribution is 5.76. The highest BCUT2D eigenvalue weighted by Gasteiger charge is 2.26. The Hall–Kier alpha value is -0.810. The molecule has 0 spiro atoms. The van der Waals surface area contributed by atoms with Gasteiger partial charge in [0.05, 0.1) is 6.61 Å². The summed E-state index contributed by atoms with van der Waals surface area (Å²) in [6.07, 6.45) is 0. The fraction of sp³-hybridized carbons (Fsp3) is 0.833. The Morgan fingerprint density at radius 3 is 2.36 bits per heavy atom. The van der Waals surface area contributed by atoms with Gasteiger partial charge in [-0.1, -0.05) is 0 Å². The van der Waals surface area contributed by atoms with E-state index in [0.29, 0.717) is 19.6 Å². The third-order valence-corrected chi connectivity index (χ3v) is 1.72. The average Bonchev–Trinajstić information content (AvgIpc) is 2.34. The summed E-state index contributed by atoms with van der Waals surface area (Å²) in [5, 5.41) is 17.2. The van der Waals surface area contributed by atoms with Crippen LogP contribution in [0.2, 0.25) is 0 Å². The maximum absolute atomic E-state index is 11.1. The van der Waals surface area contributed by atoms with Crippen molar-refractivity contribution in [1.82, 2.24) is 9.80 Å². The number of hydrogen-bond acceptors (Lipinski definition) is 3. The summed E-state index contributed by atoms with van der Waals surface area (Å²) >= 11 is 0. The maximum atomic E-state index is 11.1. The average molecular weight is 160 g/mol. The molecule has 1 aliphatic heterocycles. The van der Waals surface area contributed by atoms with Crippen molar-refractivity contribution >= 4 is 6.03 Å². The van der Waals surface area contributed by atoms with Gasteiger partial charge in [-0.25, -0.2) is 4.79 Å². The first-order valence-electron chi connectivity index (χ1n) is 3.55. The van der Waals surface area contributed by atoms with E-state index in [9.17, 15) is 4.79 Å². The van der Waals surface area contributed by atoms with E-state index < -0.39 is 0 Å². The van der Waals surface area contributed by atoms with Crippen LogP contribution in [-0.4, -0.2) is 59.0 Å². The number of urea groups is 1. The Labute approximate surface area is 64.8 Å². The normalized spacial score (nSPS) is 18.2. The Balaban J connectivity index is 2.42. The van der Waals surface area contributed by atoms with Crippen LogP contribution in [0.4, 0.5) is 4.79 Å². The van der Waals surface area contributed by atoms with Gasteiger partial charge in [0.2, 0.25) is 0 Å².